The van der Waals surface area contributed by atoms with Crippen LogP contribution in [0.1, 0.15) is 13.8 Å². The van der Waals surface area contributed by atoms with E-state index in [0.717, 1.165) is 5.22 Å². The SMILES string of the molecule is CC(C)OC([O-])=c1ccc(=c2ccc(=CN=Nc3nn[nH]n3)o2)cc1. The molecule has 0 bridgehead atoms. The maximum Gasteiger partial charge on any atom is 0.307 e. The van der Waals surface area contributed by atoms with Crippen molar-refractivity contribution in [1.29, 1.82) is 0 Å². The molecule has 0 aliphatic heterocycles. The number of rotatable bonds is 4. The normalized spacial score (nSPS) is 12.2. The van der Waals surface area contributed by atoms with Gasteiger partial charge >= 0.3 is 5.95 Å². The lowest BCUT2D eigenvalue weighted by molar-refractivity contribution is -0.295. The maximum absolute atomic E-state index is 11.8. The van der Waals surface area contributed by atoms with E-state index < -0.39 is 0 Å². The van der Waals surface area contributed by atoms with Crippen LogP contribution in [0, 0.1) is 10.6 Å². The van der Waals surface area contributed by atoms with Crippen LogP contribution in [-0.4, -0.2) is 26.7 Å². The Balaban J connectivity index is 1.90. The van der Waals surface area contributed by atoms with E-state index >= 15 is 0 Å². The number of nitrogens with zero attached hydrogens (tertiary/aromatic N) is 5. The van der Waals surface area contributed by atoms with Gasteiger partial charge in [-0.05, 0) is 28.7 Å². The number of H-pyrrole nitrogens is 1. The van der Waals surface area contributed by atoms with Crippen LogP contribution in [-0.2, 0) is 4.74 Å². The molecule has 0 saturated heterocycles. The molecule has 9 nitrogen and oxygen atoms in total. The van der Waals surface area contributed by atoms with Crippen LogP contribution in [0.2, 0.25) is 0 Å². The minimum absolute atomic E-state index is 0.131. The highest BCUT2D eigenvalue weighted by molar-refractivity contribution is 5.26. The number of aromatic nitrogens is 4. The Labute approximate surface area is 141 Å². The van der Waals surface area contributed by atoms with Crippen molar-refractivity contribution >= 4 is 18.1 Å². The lowest BCUT2D eigenvalue weighted by Crippen LogP contribution is -2.21. The summed E-state index contributed by atoms with van der Waals surface area (Å²) in [4.78, 5) is 0. The van der Waals surface area contributed by atoms with Gasteiger partial charge in [0.2, 0.25) is 0 Å². The summed E-state index contributed by atoms with van der Waals surface area (Å²) in [5.74, 6) is -0.219. The molecule has 9 heteroatoms. The van der Waals surface area contributed by atoms with Crippen LogP contribution < -0.4 is 15.7 Å². The summed E-state index contributed by atoms with van der Waals surface area (Å²) in [7, 11) is 0. The van der Waals surface area contributed by atoms with Gasteiger partial charge in [-0.25, -0.2) is 0 Å². The number of furan rings is 1. The number of ether oxygens (including phenoxy) is 1. The Morgan fingerprint density at radius 2 is 2.04 bits per heavy atom. The van der Waals surface area contributed by atoms with Gasteiger partial charge in [0.05, 0.1) is 12.1 Å². The van der Waals surface area contributed by atoms with Gasteiger partial charge in [-0.15, -0.1) is 10.2 Å². The smallest absolute Gasteiger partial charge is 0.307 e. The summed E-state index contributed by atoms with van der Waals surface area (Å²) in [5.41, 5.74) is 1.16. The second kappa shape index (κ2) is 7.39. The van der Waals surface area contributed by atoms with E-state index in [1.807, 2.05) is 13.8 Å². The maximum atomic E-state index is 11.8. The van der Waals surface area contributed by atoms with Crippen molar-refractivity contribution in [3.05, 3.63) is 57.7 Å². The van der Waals surface area contributed by atoms with Crippen molar-refractivity contribution in [3.63, 3.8) is 0 Å². The molecule has 3 aromatic rings. The molecular formula is C16H15N6O3-. The third-order valence-corrected chi connectivity index (χ3v) is 3.04. The van der Waals surface area contributed by atoms with Crippen molar-refractivity contribution in [3.8, 4) is 0 Å². The van der Waals surface area contributed by atoms with Gasteiger partial charge in [-0.2, -0.15) is 10.3 Å². The zero-order valence-corrected chi connectivity index (χ0v) is 13.6. The summed E-state index contributed by atoms with van der Waals surface area (Å²) in [6.45, 7) is 3.62. The predicted octanol–water partition coefficient (Wildman–Crippen LogP) is 0.453. The highest BCUT2D eigenvalue weighted by Gasteiger charge is 1.93. The minimum Gasteiger partial charge on any atom is -0.610 e. The van der Waals surface area contributed by atoms with Gasteiger partial charge in [0.15, 0.2) is 0 Å². The summed E-state index contributed by atoms with van der Waals surface area (Å²) >= 11 is 0. The Kier molecular flexibility index (Phi) is 4.84. The lowest BCUT2D eigenvalue weighted by Gasteiger charge is -2.19. The van der Waals surface area contributed by atoms with Crippen LogP contribution in [0.15, 0.2) is 51.0 Å². The fourth-order valence-corrected chi connectivity index (χ4v) is 1.97. The summed E-state index contributed by atoms with van der Waals surface area (Å²) < 4.78 is 10.8. The zero-order valence-electron chi connectivity index (χ0n) is 13.6. The molecule has 0 aliphatic rings. The highest BCUT2D eigenvalue weighted by Crippen LogP contribution is 1.99. The molecule has 128 valence electrons. The van der Waals surface area contributed by atoms with E-state index in [1.165, 1.54) is 6.20 Å². The molecule has 1 N–H and O–H groups in total. The molecule has 0 fully saturated rings. The van der Waals surface area contributed by atoms with E-state index in [-0.39, 0.29) is 18.0 Å². The number of nitrogens with one attached hydrogen (secondary N) is 1. The number of hydrogen-bond donors (Lipinski definition) is 1. The predicted molar refractivity (Wildman–Crippen MR) is 84.9 cm³/mol. The van der Waals surface area contributed by atoms with Crippen molar-refractivity contribution in [2.24, 2.45) is 10.2 Å². The Morgan fingerprint density at radius 1 is 1.24 bits per heavy atom. The zero-order chi connectivity index (χ0) is 17.6. The lowest BCUT2D eigenvalue weighted by atomic mass is 10.2. The molecule has 0 atom stereocenters. The number of benzene rings is 1. The first-order valence-corrected chi connectivity index (χ1v) is 7.50. The van der Waals surface area contributed by atoms with E-state index in [1.54, 1.807) is 36.4 Å². The van der Waals surface area contributed by atoms with Gasteiger partial charge in [-0.1, -0.05) is 43.2 Å². The number of aromatic amines is 1. The molecule has 2 heterocycles. The molecule has 0 spiro atoms. The molecule has 2 aromatic heterocycles. The fourth-order valence-electron chi connectivity index (χ4n) is 1.97. The molecule has 0 aliphatic carbocycles. The Bertz CT molecular complexity index is 1050. The largest absolute Gasteiger partial charge is 0.610 e. The van der Waals surface area contributed by atoms with Gasteiger partial charge in [-0.3, -0.25) is 0 Å². The van der Waals surface area contributed by atoms with E-state index in [2.05, 4.69) is 30.9 Å². The molecule has 25 heavy (non-hydrogen) atoms. The monoisotopic (exact) mass is 339 g/mol. The van der Waals surface area contributed by atoms with Crippen LogP contribution in [0.25, 0.3) is 12.1 Å². The van der Waals surface area contributed by atoms with Crippen LogP contribution >= 0.6 is 0 Å². The van der Waals surface area contributed by atoms with E-state index in [9.17, 15) is 5.11 Å². The van der Waals surface area contributed by atoms with E-state index in [0.29, 0.717) is 16.0 Å². The summed E-state index contributed by atoms with van der Waals surface area (Å²) in [6.07, 6.45) is 1.28. The first-order valence-electron chi connectivity index (χ1n) is 7.50. The Hall–Kier alpha value is -3.49. The van der Waals surface area contributed by atoms with Crippen LogP contribution in [0.4, 0.5) is 5.95 Å². The fraction of sp³-hybridized carbons (Fsp3) is 0.188. The quantitative estimate of drug-likeness (QED) is 0.688. The average molecular weight is 339 g/mol. The molecule has 0 unspecified atom stereocenters. The molecule has 0 amide bonds. The van der Waals surface area contributed by atoms with Crippen LogP contribution in [0.5, 0.6) is 0 Å². The number of tetrazole rings is 1. The van der Waals surface area contributed by atoms with Gasteiger partial charge in [0.1, 0.15) is 10.8 Å². The number of azo groups is 1. The number of hydrogen-bond acceptors (Lipinski definition) is 8. The third kappa shape index (κ3) is 4.28. The second-order valence-corrected chi connectivity index (χ2v) is 5.29. The first-order chi connectivity index (χ1) is 12.1. The minimum atomic E-state index is -0.350. The first kappa shape index (κ1) is 16.4. The molecule has 3 rings (SSSR count). The topological polar surface area (TPSA) is 125 Å². The van der Waals surface area contributed by atoms with Crippen molar-refractivity contribution in [2.75, 3.05) is 0 Å². The third-order valence-electron chi connectivity index (χ3n) is 3.04. The average Bonchev–Trinajstić information content (AvgIpc) is 3.26. The van der Waals surface area contributed by atoms with E-state index in [4.69, 9.17) is 9.15 Å². The Morgan fingerprint density at radius 3 is 2.72 bits per heavy atom. The van der Waals surface area contributed by atoms with Crippen molar-refractivity contribution < 1.29 is 14.3 Å². The van der Waals surface area contributed by atoms with Crippen molar-refractivity contribution in [2.45, 2.75) is 20.0 Å². The summed E-state index contributed by atoms with van der Waals surface area (Å²) in [5, 5.41) is 33.6. The van der Waals surface area contributed by atoms with Crippen LogP contribution in [0.3, 0.4) is 0 Å². The molecular weight excluding hydrogens is 324 g/mol. The molecule has 1 aromatic carbocycles. The van der Waals surface area contributed by atoms with Gasteiger partial charge < -0.3 is 14.3 Å². The summed E-state index contributed by atoms with van der Waals surface area (Å²) in [6, 6.07) is 10.5. The molecule has 0 radical (unpaired) electrons. The van der Waals surface area contributed by atoms with Gasteiger partial charge in [0, 0.05) is 5.22 Å². The highest BCUT2D eigenvalue weighted by atomic mass is 16.6. The second-order valence-electron chi connectivity index (χ2n) is 5.29. The van der Waals surface area contributed by atoms with Crippen molar-refractivity contribution in [1.82, 2.24) is 20.6 Å². The van der Waals surface area contributed by atoms with Gasteiger partial charge in [0.25, 0.3) is 0 Å². The standard InChI is InChI=1S/C16H16N6O3/c1-10(2)24-15(23)12-5-3-11(4-6-12)14-8-7-13(25-14)9-17-18-16-19-21-22-20-16/h3-10,23H,1-2H3,(H,19,20,21,22)/p-1. The molecule has 0 saturated carbocycles.